The second kappa shape index (κ2) is 9.41. The van der Waals surface area contributed by atoms with E-state index in [1.807, 2.05) is 32.2 Å². The molecule has 0 radical (unpaired) electrons. The number of anilines is 1. The number of hydrogen-bond acceptors (Lipinski definition) is 4. The van der Waals surface area contributed by atoms with Crippen LogP contribution in [0.25, 0.3) is 0 Å². The average molecular weight is 389 g/mol. The van der Waals surface area contributed by atoms with E-state index in [0.29, 0.717) is 31.2 Å². The highest BCUT2D eigenvalue weighted by molar-refractivity contribution is 5.96. The molecular weight excluding hydrogens is 356 g/mol. The molecular formula is C22H32N2O4. The third-order valence-electron chi connectivity index (χ3n) is 5.94. The molecule has 1 aromatic carbocycles. The van der Waals surface area contributed by atoms with Gasteiger partial charge < -0.3 is 19.6 Å². The standard InChI is InChI=1S/C22H32N2O4/c1-3-24-20-11-10-19(13-16(20)9-12-21(24)26)28-15-18(25)14-22(27)23(2)17-7-5-4-6-8-17/h10-11,13,17-18,25H,3-9,12,14-15H2,1-2H3. The number of fused-ring (bicyclic) bond motifs is 1. The molecule has 2 amide bonds. The molecule has 154 valence electrons. The van der Waals surface area contributed by atoms with E-state index >= 15 is 0 Å². The number of aryl methyl sites for hydroxylation is 1. The second-order valence-corrected chi connectivity index (χ2v) is 7.89. The molecule has 1 N–H and O–H groups in total. The van der Waals surface area contributed by atoms with Crippen LogP contribution in [0.3, 0.4) is 0 Å². The lowest BCUT2D eigenvalue weighted by Crippen LogP contribution is -2.40. The lowest BCUT2D eigenvalue weighted by Gasteiger charge is -2.31. The van der Waals surface area contributed by atoms with Crippen molar-refractivity contribution in [3.63, 3.8) is 0 Å². The van der Waals surface area contributed by atoms with E-state index in [2.05, 4.69) is 0 Å². The Labute approximate surface area is 167 Å². The van der Waals surface area contributed by atoms with Crippen molar-refractivity contribution >= 4 is 17.5 Å². The number of hydrogen-bond donors (Lipinski definition) is 1. The number of rotatable bonds is 7. The molecule has 6 nitrogen and oxygen atoms in total. The van der Waals surface area contributed by atoms with Crippen LogP contribution >= 0.6 is 0 Å². The van der Waals surface area contributed by atoms with Crippen molar-refractivity contribution in [3.05, 3.63) is 23.8 Å². The molecule has 1 unspecified atom stereocenters. The Kier molecular flexibility index (Phi) is 6.94. The van der Waals surface area contributed by atoms with Crippen LogP contribution in [-0.2, 0) is 16.0 Å². The predicted octanol–water partition coefficient (Wildman–Crippen LogP) is 2.91. The first kappa shape index (κ1) is 20.6. The molecule has 6 heteroatoms. The number of aliphatic hydroxyl groups excluding tert-OH is 1. The number of ether oxygens (including phenoxy) is 1. The molecule has 1 aliphatic carbocycles. The molecule has 1 saturated carbocycles. The lowest BCUT2D eigenvalue weighted by atomic mass is 9.94. The Hall–Kier alpha value is -2.08. The van der Waals surface area contributed by atoms with Gasteiger partial charge in [-0.3, -0.25) is 9.59 Å². The molecule has 3 rings (SSSR count). The van der Waals surface area contributed by atoms with Crippen molar-refractivity contribution in [1.29, 1.82) is 0 Å². The van der Waals surface area contributed by atoms with Gasteiger partial charge in [0.15, 0.2) is 0 Å². The topological polar surface area (TPSA) is 70.1 Å². The Morgan fingerprint density at radius 1 is 1.29 bits per heavy atom. The van der Waals surface area contributed by atoms with Gasteiger partial charge in [-0.05, 0) is 49.9 Å². The number of carbonyl (C=O) groups is 2. The molecule has 0 saturated heterocycles. The van der Waals surface area contributed by atoms with Gasteiger partial charge in [0.25, 0.3) is 0 Å². The fourth-order valence-electron chi connectivity index (χ4n) is 4.24. The molecule has 1 aromatic rings. The van der Waals surface area contributed by atoms with Crippen molar-refractivity contribution in [2.75, 3.05) is 25.1 Å². The van der Waals surface area contributed by atoms with Gasteiger partial charge in [-0.1, -0.05) is 19.3 Å². The van der Waals surface area contributed by atoms with Gasteiger partial charge in [0, 0.05) is 31.7 Å². The molecule has 1 aliphatic heterocycles. The summed E-state index contributed by atoms with van der Waals surface area (Å²) in [5, 5.41) is 10.3. The van der Waals surface area contributed by atoms with Crippen molar-refractivity contribution < 1.29 is 19.4 Å². The summed E-state index contributed by atoms with van der Waals surface area (Å²) in [6, 6.07) is 5.97. The average Bonchev–Trinajstić information content (AvgIpc) is 2.72. The number of carbonyl (C=O) groups excluding carboxylic acids is 2. The van der Waals surface area contributed by atoms with Crippen LogP contribution in [0.4, 0.5) is 5.69 Å². The van der Waals surface area contributed by atoms with Crippen LogP contribution < -0.4 is 9.64 Å². The van der Waals surface area contributed by atoms with Gasteiger partial charge in [0.05, 0.1) is 12.5 Å². The third-order valence-corrected chi connectivity index (χ3v) is 5.94. The Bertz CT molecular complexity index is 700. The molecule has 2 aliphatic rings. The minimum atomic E-state index is -0.830. The van der Waals surface area contributed by atoms with Crippen LogP contribution in [0.15, 0.2) is 18.2 Å². The Morgan fingerprint density at radius 2 is 2.04 bits per heavy atom. The Balaban J connectivity index is 1.51. The van der Waals surface area contributed by atoms with E-state index < -0.39 is 6.10 Å². The minimum absolute atomic E-state index is 0.0226. The summed E-state index contributed by atoms with van der Waals surface area (Å²) in [4.78, 5) is 28.0. The van der Waals surface area contributed by atoms with Crippen molar-refractivity contribution in [2.24, 2.45) is 0 Å². The zero-order chi connectivity index (χ0) is 20.1. The highest BCUT2D eigenvalue weighted by Gasteiger charge is 2.25. The van der Waals surface area contributed by atoms with E-state index in [-0.39, 0.29) is 24.8 Å². The largest absolute Gasteiger partial charge is 0.491 e. The summed E-state index contributed by atoms with van der Waals surface area (Å²) in [6.45, 7) is 2.70. The maximum absolute atomic E-state index is 12.4. The molecule has 1 heterocycles. The first-order chi connectivity index (χ1) is 13.5. The van der Waals surface area contributed by atoms with E-state index in [1.165, 1.54) is 19.3 Å². The van der Waals surface area contributed by atoms with E-state index in [0.717, 1.165) is 24.1 Å². The summed E-state index contributed by atoms with van der Waals surface area (Å²) in [5.74, 6) is 0.793. The smallest absolute Gasteiger partial charge is 0.227 e. The second-order valence-electron chi connectivity index (χ2n) is 7.89. The highest BCUT2D eigenvalue weighted by Crippen LogP contribution is 2.31. The molecule has 1 atom stereocenters. The minimum Gasteiger partial charge on any atom is -0.491 e. The first-order valence-corrected chi connectivity index (χ1v) is 10.5. The fraction of sp³-hybridized carbons (Fsp3) is 0.636. The zero-order valence-corrected chi connectivity index (χ0v) is 17.0. The van der Waals surface area contributed by atoms with Gasteiger partial charge in [0.1, 0.15) is 12.4 Å². The summed E-state index contributed by atoms with van der Waals surface area (Å²) in [7, 11) is 1.84. The summed E-state index contributed by atoms with van der Waals surface area (Å²) in [6.07, 6.45) is 6.17. The predicted molar refractivity (Wildman–Crippen MR) is 109 cm³/mol. The summed E-state index contributed by atoms with van der Waals surface area (Å²) >= 11 is 0. The molecule has 1 fully saturated rings. The van der Waals surface area contributed by atoms with Gasteiger partial charge in [0.2, 0.25) is 11.8 Å². The number of nitrogens with zero attached hydrogens (tertiary/aromatic N) is 2. The lowest BCUT2D eigenvalue weighted by molar-refractivity contribution is -0.135. The maximum atomic E-state index is 12.4. The van der Waals surface area contributed by atoms with Crippen molar-refractivity contribution in [3.8, 4) is 5.75 Å². The number of benzene rings is 1. The summed E-state index contributed by atoms with van der Waals surface area (Å²) in [5.41, 5.74) is 2.03. The van der Waals surface area contributed by atoms with Crippen LogP contribution in [0.1, 0.15) is 57.4 Å². The van der Waals surface area contributed by atoms with Crippen LogP contribution in [0.5, 0.6) is 5.75 Å². The van der Waals surface area contributed by atoms with Crippen LogP contribution in [0, 0.1) is 0 Å². The van der Waals surface area contributed by atoms with Gasteiger partial charge in [-0.25, -0.2) is 0 Å². The monoisotopic (exact) mass is 388 g/mol. The van der Waals surface area contributed by atoms with E-state index in [9.17, 15) is 14.7 Å². The van der Waals surface area contributed by atoms with Crippen molar-refractivity contribution in [1.82, 2.24) is 4.90 Å². The van der Waals surface area contributed by atoms with Crippen LogP contribution in [-0.4, -0.2) is 54.2 Å². The molecule has 28 heavy (non-hydrogen) atoms. The molecule has 0 spiro atoms. The SMILES string of the molecule is CCN1C(=O)CCc2cc(OCC(O)CC(=O)N(C)C3CCCCC3)ccc21. The third kappa shape index (κ3) is 4.85. The number of amides is 2. The maximum Gasteiger partial charge on any atom is 0.227 e. The van der Waals surface area contributed by atoms with Gasteiger partial charge in [-0.2, -0.15) is 0 Å². The molecule has 0 bridgehead atoms. The highest BCUT2D eigenvalue weighted by atomic mass is 16.5. The van der Waals surface area contributed by atoms with Gasteiger partial charge in [-0.15, -0.1) is 0 Å². The first-order valence-electron chi connectivity index (χ1n) is 10.5. The van der Waals surface area contributed by atoms with E-state index in [4.69, 9.17) is 4.74 Å². The zero-order valence-electron chi connectivity index (χ0n) is 17.0. The van der Waals surface area contributed by atoms with E-state index in [1.54, 1.807) is 9.80 Å². The van der Waals surface area contributed by atoms with Crippen LogP contribution in [0.2, 0.25) is 0 Å². The number of aliphatic hydroxyl groups is 1. The Morgan fingerprint density at radius 3 is 2.75 bits per heavy atom. The summed E-state index contributed by atoms with van der Waals surface area (Å²) < 4.78 is 5.73. The van der Waals surface area contributed by atoms with Crippen molar-refractivity contribution in [2.45, 2.75) is 70.4 Å². The normalized spacial score (nSPS) is 18.5. The van der Waals surface area contributed by atoms with Gasteiger partial charge >= 0.3 is 0 Å². The quantitative estimate of drug-likeness (QED) is 0.780. The molecule has 0 aromatic heterocycles. The fourth-order valence-corrected chi connectivity index (χ4v) is 4.24.